The molecule has 30 heavy (non-hydrogen) atoms. The van der Waals surface area contributed by atoms with Gasteiger partial charge in [-0.3, -0.25) is 9.59 Å². The molecule has 3 aliphatic heterocycles. The number of carbonyl (C=O) groups excluding carboxylic acids is 3. The number of carbonyl (C=O) groups is 3. The Labute approximate surface area is 173 Å². The predicted octanol–water partition coefficient (Wildman–Crippen LogP) is 2.82. The van der Waals surface area contributed by atoms with Crippen molar-refractivity contribution in [1.82, 2.24) is 9.88 Å². The van der Waals surface area contributed by atoms with Crippen LogP contribution in [0.2, 0.25) is 0 Å². The number of esters is 2. The largest absolute Gasteiger partial charge is 0.462 e. The maximum Gasteiger partial charge on any atom is 0.351 e. The van der Waals surface area contributed by atoms with Crippen LogP contribution in [-0.4, -0.2) is 39.9 Å². The molecule has 7 heteroatoms. The van der Waals surface area contributed by atoms with E-state index in [1.165, 1.54) is 0 Å². The molecule has 2 unspecified atom stereocenters. The molecule has 1 amide bonds. The van der Waals surface area contributed by atoms with Gasteiger partial charge in [0.05, 0.1) is 29.4 Å². The smallest absolute Gasteiger partial charge is 0.351 e. The van der Waals surface area contributed by atoms with E-state index in [0.717, 1.165) is 22.2 Å². The quantitative estimate of drug-likeness (QED) is 0.729. The van der Waals surface area contributed by atoms with Crippen LogP contribution in [0.4, 0.5) is 0 Å². The number of fused-ring (bicyclic) bond motifs is 5. The lowest BCUT2D eigenvalue weighted by Crippen LogP contribution is -2.60. The van der Waals surface area contributed by atoms with Gasteiger partial charge in [-0.25, -0.2) is 9.78 Å². The fourth-order valence-electron chi connectivity index (χ4n) is 4.79. The Morgan fingerprint density at radius 1 is 1.30 bits per heavy atom. The molecule has 4 heterocycles. The minimum atomic E-state index is -1.50. The maximum absolute atomic E-state index is 13.4. The number of hydrogen-bond acceptors (Lipinski definition) is 6. The van der Waals surface area contributed by atoms with Crippen molar-refractivity contribution in [2.75, 3.05) is 6.61 Å². The molecule has 0 saturated carbocycles. The Kier molecular flexibility index (Phi) is 4.17. The highest BCUT2D eigenvalue weighted by atomic mass is 16.6. The summed E-state index contributed by atoms with van der Waals surface area (Å²) in [4.78, 5) is 44.9. The number of rotatable bonds is 3. The van der Waals surface area contributed by atoms with Crippen LogP contribution in [0.1, 0.15) is 37.9 Å². The molecular formula is C23H22N2O5. The Balaban J connectivity index is 1.66. The number of pyridine rings is 1. The van der Waals surface area contributed by atoms with Crippen molar-refractivity contribution in [2.24, 2.45) is 11.8 Å². The first-order chi connectivity index (χ1) is 14.5. The summed E-state index contributed by atoms with van der Waals surface area (Å²) in [5.74, 6) is -2.37. The van der Waals surface area contributed by atoms with Crippen molar-refractivity contribution in [1.29, 1.82) is 0 Å². The highest BCUT2D eigenvalue weighted by Gasteiger charge is 2.59. The molecule has 3 atom stereocenters. The van der Waals surface area contributed by atoms with E-state index in [1.807, 2.05) is 30.3 Å². The van der Waals surface area contributed by atoms with Crippen molar-refractivity contribution in [3.8, 4) is 0 Å². The minimum absolute atomic E-state index is 0.0141. The summed E-state index contributed by atoms with van der Waals surface area (Å²) in [6.45, 7) is 3.87. The van der Waals surface area contributed by atoms with Crippen LogP contribution < -0.4 is 0 Å². The van der Waals surface area contributed by atoms with Gasteiger partial charge in [0.1, 0.15) is 6.61 Å². The van der Waals surface area contributed by atoms with E-state index in [-0.39, 0.29) is 25.4 Å². The first-order valence-electron chi connectivity index (χ1n) is 10.3. The van der Waals surface area contributed by atoms with Gasteiger partial charge in [0, 0.05) is 23.3 Å². The molecule has 1 aromatic heterocycles. The minimum Gasteiger partial charge on any atom is -0.462 e. The summed E-state index contributed by atoms with van der Waals surface area (Å²) in [5.41, 5.74) is 1.74. The highest BCUT2D eigenvalue weighted by Crippen LogP contribution is 2.47. The standard InChI is InChI=1S/C23H22N2O5/c1-3-19(26)30-23(4-2)16-10-18-20-14(9-13-7-5-6-8-17(13)24-20)11-25(18)21(27)15(16)12-29-22(23)28/h5-10,15-16H,3-4,11-12H2,1-2H3/t15?,16?,23-/m0/s1. The third kappa shape index (κ3) is 2.51. The van der Waals surface area contributed by atoms with Gasteiger partial charge in [0.15, 0.2) is 0 Å². The Hall–Kier alpha value is -3.22. The van der Waals surface area contributed by atoms with Crippen LogP contribution in [0.25, 0.3) is 16.6 Å². The lowest BCUT2D eigenvalue weighted by atomic mass is 9.72. The number of amides is 1. The summed E-state index contributed by atoms with van der Waals surface area (Å²) >= 11 is 0. The third-order valence-corrected chi connectivity index (χ3v) is 6.41. The lowest BCUT2D eigenvalue weighted by molar-refractivity contribution is -0.205. The number of ether oxygens (including phenoxy) is 2. The number of aromatic nitrogens is 1. The van der Waals surface area contributed by atoms with Gasteiger partial charge in [-0.15, -0.1) is 0 Å². The molecular weight excluding hydrogens is 384 g/mol. The molecule has 1 saturated heterocycles. The maximum atomic E-state index is 13.4. The van der Waals surface area contributed by atoms with Crippen molar-refractivity contribution in [3.63, 3.8) is 0 Å². The SMILES string of the molecule is CCC(=O)O[C@]1(CC)C(=O)OCC2C(=O)N3Cc4cc5ccccc5nc4C3=CC21. The highest BCUT2D eigenvalue weighted by molar-refractivity contribution is 5.97. The van der Waals surface area contributed by atoms with E-state index < -0.39 is 29.4 Å². The number of benzene rings is 1. The van der Waals surface area contributed by atoms with E-state index in [4.69, 9.17) is 14.5 Å². The predicted molar refractivity (Wildman–Crippen MR) is 108 cm³/mol. The molecule has 7 nitrogen and oxygen atoms in total. The second-order valence-corrected chi connectivity index (χ2v) is 7.97. The lowest BCUT2D eigenvalue weighted by Gasteiger charge is -2.46. The number of cyclic esters (lactones) is 1. The second-order valence-electron chi connectivity index (χ2n) is 7.97. The zero-order valence-electron chi connectivity index (χ0n) is 16.9. The molecule has 0 radical (unpaired) electrons. The van der Waals surface area contributed by atoms with Crippen LogP contribution in [0.15, 0.2) is 36.4 Å². The molecule has 0 aliphatic carbocycles. The van der Waals surface area contributed by atoms with Crippen LogP contribution in [0, 0.1) is 11.8 Å². The van der Waals surface area contributed by atoms with Crippen molar-refractivity contribution in [3.05, 3.63) is 47.7 Å². The topological polar surface area (TPSA) is 85.8 Å². The van der Waals surface area contributed by atoms with E-state index >= 15 is 0 Å². The summed E-state index contributed by atoms with van der Waals surface area (Å²) in [7, 11) is 0. The zero-order valence-corrected chi connectivity index (χ0v) is 16.9. The molecule has 1 fully saturated rings. The van der Waals surface area contributed by atoms with Crippen LogP contribution in [0.3, 0.4) is 0 Å². The Bertz CT molecular complexity index is 1120. The fourth-order valence-corrected chi connectivity index (χ4v) is 4.79. The van der Waals surface area contributed by atoms with Crippen LogP contribution in [0.5, 0.6) is 0 Å². The molecule has 0 N–H and O–H groups in total. The average Bonchev–Trinajstić information content (AvgIpc) is 3.12. The summed E-state index contributed by atoms with van der Waals surface area (Å²) in [5, 5.41) is 1.01. The molecule has 2 aromatic rings. The second kappa shape index (κ2) is 6.65. The van der Waals surface area contributed by atoms with E-state index in [2.05, 4.69) is 6.07 Å². The normalized spacial score (nSPS) is 27.1. The van der Waals surface area contributed by atoms with Crippen molar-refractivity contribution >= 4 is 34.4 Å². The van der Waals surface area contributed by atoms with Gasteiger partial charge >= 0.3 is 11.9 Å². The van der Waals surface area contributed by atoms with Gasteiger partial charge in [0.25, 0.3) is 0 Å². The average molecular weight is 406 g/mol. The Morgan fingerprint density at radius 3 is 2.87 bits per heavy atom. The Morgan fingerprint density at radius 2 is 2.10 bits per heavy atom. The molecule has 3 aliphatic rings. The van der Waals surface area contributed by atoms with Gasteiger partial charge < -0.3 is 14.4 Å². The molecule has 1 aromatic carbocycles. The summed E-state index contributed by atoms with van der Waals surface area (Å²) < 4.78 is 11.0. The number of para-hydroxylation sites is 1. The molecule has 0 bridgehead atoms. The zero-order chi connectivity index (χ0) is 21.0. The van der Waals surface area contributed by atoms with E-state index in [9.17, 15) is 14.4 Å². The van der Waals surface area contributed by atoms with Gasteiger partial charge in [-0.1, -0.05) is 32.0 Å². The van der Waals surface area contributed by atoms with Gasteiger partial charge in [0.2, 0.25) is 11.5 Å². The van der Waals surface area contributed by atoms with Crippen molar-refractivity contribution < 1.29 is 23.9 Å². The van der Waals surface area contributed by atoms with Crippen molar-refractivity contribution in [2.45, 2.75) is 38.8 Å². The van der Waals surface area contributed by atoms with E-state index in [1.54, 1.807) is 18.7 Å². The summed E-state index contributed by atoms with van der Waals surface area (Å²) in [6.07, 6.45) is 2.26. The van der Waals surface area contributed by atoms with Gasteiger partial charge in [-0.2, -0.15) is 0 Å². The number of hydrogen-bond donors (Lipinski definition) is 0. The fraction of sp³-hybridized carbons (Fsp3) is 0.391. The molecule has 154 valence electrons. The third-order valence-electron chi connectivity index (χ3n) is 6.41. The van der Waals surface area contributed by atoms with Crippen LogP contribution in [-0.2, 0) is 30.4 Å². The summed E-state index contributed by atoms with van der Waals surface area (Å²) in [6, 6.07) is 9.87. The molecule has 0 spiro atoms. The number of nitrogens with zero attached hydrogens (tertiary/aromatic N) is 2. The first-order valence-corrected chi connectivity index (χ1v) is 10.3. The van der Waals surface area contributed by atoms with Gasteiger partial charge in [-0.05, 0) is 24.6 Å². The first kappa shape index (κ1) is 18.8. The van der Waals surface area contributed by atoms with Crippen LogP contribution >= 0.6 is 0 Å². The van der Waals surface area contributed by atoms with E-state index in [0.29, 0.717) is 12.2 Å². The monoisotopic (exact) mass is 406 g/mol. The molecule has 5 rings (SSSR count).